The SMILES string of the molecule is CNC1CC2CCC(C1)N2CC(C)N1CCCC1. The van der Waals surface area contributed by atoms with Gasteiger partial charge in [0.2, 0.25) is 0 Å². The highest BCUT2D eigenvalue weighted by Crippen LogP contribution is 2.36. The normalized spacial score (nSPS) is 39.3. The molecule has 3 aliphatic heterocycles. The summed E-state index contributed by atoms with van der Waals surface area (Å²) in [6.45, 7) is 6.42. The molecule has 1 N–H and O–H groups in total. The van der Waals surface area contributed by atoms with Gasteiger partial charge in [0, 0.05) is 30.7 Å². The zero-order chi connectivity index (χ0) is 12.5. The first-order valence-electron chi connectivity index (χ1n) is 7.95. The standard InChI is InChI=1S/C15H29N3/c1-12(17-7-3-4-8-17)11-18-14-5-6-15(18)10-13(9-14)16-2/h12-16H,3-11H2,1-2H3. The van der Waals surface area contributed by atoms with Crippen LogP contribution in [-0.4, -0.2) is 60.6 Å². The number of rotatable bonds is 4. The minimum atomic E-state index is 0.765. The zero-order valence-corrected chi connectivity index (χ0v) is 12.1. The summed E-state index contributed by atoms with van der Waals surface area (Å²) in [6.07, 6.45) is 8.46. The number of hydrogen-bond acceptors (Lipinski definition) is 3. The lowest BCUT2D eigenvalue weighted by atomic mass is 9.97. The Bertz CT molecular complexity index is 261. The maximum atomic E-state index is 3.50. The van der Waals surface area contributed by atoms with E-state index in [9.17, 15) is 0 Å². The molecule has 0 radical (unpaired) electrons. The van der Waals surface area contributed by atoms with Gasteiger partial charge < -0.3 is 5.32 Å². The van der Waals surface area contributed by atoms with Gasteiger partial charge in [0.1, 0.15) is 0 Å². The molecular formula is C15H29N3. The van der Waals surface area contributed by atoms with Gasteiger partial charge in [-0.25, -0.2) is 0 Å². The van der Waals surface area contributed by atoms with E-state index in [0.717, 1.165) is 24.2 Å². The Morgan fingerprint density at radius 1 is 1.11 bits per heavy atom. The van der Waals surface area contributed by atoms with Gasteiger partial charge in [0.25, 0.3) is 0 Å². The van der Waals surface area contributed by atoms with Crippen LogP contribution in [0.15, 0.2) is 0 Å². The summed E-state index contributed by atoms with van der Waals surface area (Å²) in [7, 11) is 2.13. The molecule has 0 aromatic rings. The third kappa shape index (κ3) is 2.45. The van der Waals surface area contributed by atoms with Crippen LogP contribution < -0.4 is 5.32 Å². The number of fused-ring (bicyclic) bond motifs is 2. The van der Waals surface area contributed by atoms with E-state index in [1.165, 1.54) is 58.2 Å². The van der Waals surface area contributed by atoms with Crippen LogP contribution >= 0.6 is 0 Å². The summed E-state index contributed by atoms with van der Waals surface area (Å²) < 4.78 is 0. The molecule has 0 aliphatic carbocycles. The average Bonchev–Trinajstić information content (AvgIpc) is 2.97. The summed E-state index contributed by atoms with van der Waals surface area (Å²) in [6, 6.07) is 3.28. The van der Waals surface area contributed by atoms with Crippen molar-refractivity contribution >= 4 is 0 Å². The zero-order valence-electron chi connectivity index (χ0n) is 12.1. The van der Waals surface area contributed by atoms with E-state index < -0.39 is 0 Å². The quantitative estimate of drug-likeness (QED) is 0.820. The second kappa shape index (κ2) is 5.48. The molecule has 0 saturated carbocycles. The predicted octanol–water partition coefficient (Wildman–Crippen LogP) is 1.69. The van der Waals surface area contributed by atoms with E-state index >= 15 is 0 Å². The van der Waals surface area contributed by atoms with E-state index in [0.29, 0.717) is 0 Å². The molecule has 3 saturated heterocycles. The summed E-state index contributed by atoms with van der Waals surface area (Å²) >= 11 is 0. The first-order chi connectivity index (χ1) is 8.78. The number of hydrogen-bond donors (Lipinski definition) is 1. The highest BCUT2D eigenvalue weighted by Gasteiger charge is 2.40. The fraction of sp³-hybridized carbons (Fsp3) is 1.00. The van der Waals surface area contributed by atoms with Crippen molar-refractivity contribution in [2.24, 2.45) is 0 Å². The minimum absolute atomic E-state index is 0.765. The van der Waals surface area contributed by atoms with Gasteiger partial charge in [-0.1, -0.05) is 0 Å². The second-order valence-electron chi connectivity index (χ2n) is 6.63. The van der Waals surface area contributed by atoms with Crippen LogP contribution in [0.1, 0.15) is 45.4 Å². The van der Waals surface area contributed by atoms with Gasteiger partial charge in [-0.3, -0.25) is 9.80 Å². The van der Waals surface area contributed by atoms with E-state index in [1.807, 2.05) is 0 Å². The average molecular weight is 251 g/mol. The van der Waals surface area contributed by atoms with E-state index in [2.05, 4.69) is 29.1 Å². The minimum Gasteiger partial charge on any atom is -0.317 e. The van der Waals surface area contributed by atoms with Gasteiger partial charge in [0.15, 0.2) is 0 Å². The topological polar surface area (TPSA) is 18.5 Å². The Kier molecular flexibility index (Phi) is 3.92. The molecule has 104 valence electrons. The van der Waals surface area contributed by atoms with Crippen LogP contribution in [0.4, 0.5) is 0 Å². The van der Waals surface area contributed by atoms with Crippen LogP contribution in [-0.2, 0) is 0 Å². The largest absolute Gasteiger partial charge is 0.317 e. The van der Waals surface area contributed by atoms with Gasteiger partial charge in [-0.15, -0.1) is 0 Å². The molecule has 18 heavy (non-hydrogen) atoms. The summed E-state index contributed by atoms with van der Waals surface area (Å²) in [5.41, 5.74) is 0. The maximum absolute atomic E-state index is 3.50. The Labute approximate surface area is 112 Å². The van der Waals surface area contributed by atoms with Crippen LogP contribution in [0, 0.1) is 0 Å². The molecule has 3 aliphatic rings. The first kappa shape index (κ1) is 12.9. The number of likely N-dealkylation sites (tertiary alicyclic amines) is 1. The van der Waals surface area contributed by atoms with Crippen molar-refractivity contribution in [1.29, 1.82) is 0 Å². The van der Waals surface area contributed by atoms with Crippen LogP contribution in [0.2, 0.25) is 0 Å². The smallest absolute Gasteiger partial charge is 0.0195 e. The van der Waals surface area contributed by atoms with E-state index in [-0.39, 0.29) is 0 Å². The number of nitrogens with zero attached hydrogens (tertiary/aromatic N) is 2. The highest BCUT2D eigenvalue weighted by atomic mass is 15.3. The van der Waals surface area contributed by atoms with Gasteiger partial charge >= 0.3 is 0 Å². The third-order valence-electron chi connectivity index (χ3n) is 5.53. The molecule has 3 atom stereocenters. The van der Waals surface area contributed by atoms with Gasteiger partial charge in [-0.2, -0.15) is 0 Å². The van der Waals surface area contributed by atoms with Crippen molar-refractivity contribution in [3.8, 4) is 0 Å². The van der Waals surface area contributed by atoms with E-state index in [4.69, 9.17) is 0 Å². The molecule has 3 nitrogen and oxygen atoms in total. The molecular weight excluding hydrogens is 222 g/mol. The Hall–Kier alpha value is -0.120. The van der Waals surface area contributed by atoms with Crippen molar-refractivity contribution in [1.82, 2.24) is 15.1 Å². The molecule has 3 fully saturated rings. The summed E-state index contributed by atoms with van der Waals surface area (Å²) in [4.78, 5) is 5.54. The van der Waals surface area contributed by atoms with Gasteiger partial charge in [0.05, 0.1) is 0 Å². The first-order valence-corrected chi connectivity index (χ1v) is 7.95. The molecule has 2 bridgehead atoms. The number of piperidine rings is 1. The third-order valence-corrected chi connectivity index (χ3v) is 5.53. The highest BCUT2D eigenvalue weighted by molar-refractivity contribution is 4.98. The Balaban J connectivity index is 1.57. The van der Waals surface area contributed by atoms with Crippen molar-refractivity contribution in [2.45, 2.75) is 69.6 Å². The number of nitrogens with one attached hydrogen (secondary N) is 1. The Morgan fingerprint density at radius 2 is 1.72 bits per heavy atom. The van der Waals surface area contributed by atoms with Crippen molar-refractivity contribution in [3.05, 3.63) is 0 Å². The second-order valence-corrected chi connectivity index (χ2v) is 6.63. The summed E-state index contributed by atoms with van der Waals surface area (Å²) in [5.74, 6) is 0. The predicted molar refractivity (Wildman–Crippen MR) is 75.9 cm³/mol. The molecule has 3 rings (SSSR count). The van der Waals surface area contributed by atoms with Crippen LogP contribution in [0.25, 0.3) is 0 Å². The van der Waals surface area contributed by atoms with Crippen LogP contribution in [0.5, 0.6) is 0 Å². The molecule has 3 unspecified atom stereocenters. The van der Waals surface area contributed by atoms with Crippen molar-refractivity contribution in [3.63, 3.8) is 0 Å². The molecule has 3 heteroatoms. The lowest BCUT2D eigenvalue weighted by molar-refractivity contribution is 0.0839. The Morgan fingerprint density at radius 3 is 2.28 bits per heavy atom. The molecule has 3 heterocycles. The van der Waals surface area contributed by atoms with Crippen LogP contribution in [0.3, 0.4) is 0 Å². The van der Waals surface area contributed by atoms with Crippen molar-refractivity contribution in [2.75, 3.05) is 26.7 Å². The lowest BCUT2D eigenvalue weighted by Gasteiger charge is -2.41. The van der Waals surface area contributed by atoms with Gasteiger partial charge in [-0.05, 0) is 65.6 Å². The maximum Gasteiger partial charge on any atom is 0.0195 e. The molecule has 0 amide bonds. The fourth-order valence-corrected chi connectivity index (χ4v) is 4.41. The molecule has 0 aromatic heterocycles. The molecule has 0 spiro atoms. The molecule has 0 aromatic carbocycles. The lowest BCUT2D eigenvalue weighted by Crippen LogP contribution is -2.52. The van der Waals surface area contributed by atoms with E-state index in [1.54, 1.807) is 0 Å². The summed E-state index contributed by atoms with van der Waals surface area (Å²) in [5, 5.41) is 3.50. The fourth-order valence-electron chi connectivity index (χ4n) is 4.41. The monoisotopic (exact) mass is 251 g/mol. The van der Waals surface area contributed by atoms with Crippen molar-refractivity contribution < 1.29 is 0 Å².